The van der Waals surface area contributed by atoms with Gasteiger partial charge >= 0.3 is 0 Å². The first-order valence-electron chi connectivity index (χ1n) is 7.32. The Balaban J connectivity index is 1.94. The molecule has 2 atom stereocenters. The summed E-state index contributed by atoms with van der Waals surface area (Å²) in [5, 5.41) is 0. The molecule has 1 aromatic rings. The molecule has 10 heteroatoms. The molecule has 0 N–H and O–H groups in total. The van der Waals surface area contributed by atoms with E-state index in [-0.39, 0.29) is 30.2 Å². The number of hydrogen-bond donors (Lipinski definition) is 0. The highest BCUT2D eigenvalue weighted by molar-refractivity contribution is 7.92. The molecule has 132 valence electrons. The number of halogens is 1. The summed E-state index contributed by atoms with van der Waals surface area (Å²) < 4.78 is 62.0. The number of amides is 1. The van der Waals surface area contributed by atoms with Crippen molar-refractivity contribution in [3.63, 3.8) is 0 Å². The van der Waals surface area contributed by atoms with E-state index in [1.165, 1.54) is 17.0 Å². The fraction of sp³-hybridized carbons (Fsp3) is 0.500. The van der Waals surface area contributed by atoms with E-state index in [0.29, 0.717) is 0 Å². The second-order valence-electron chi connectivity index (χ2n) is 6.09. The van der Waals surface area contributed by atoms with Gasteiger partial charge in [0.25, 0.3) is 5.91 Å². The van der Waals surface area contributed by atoms with E-state index in [2.05, 4.69) is 0 Å². The highest BCUT2D eigenvalue weighted by atomic mass is 32.2. The van der Waals surface area contributed by atoms with Crippen LogP contribution in [0.2, 0.25) is 0 Å². The number of sulfone groups is 1. The van der Waals surface area contributed by atoms with Gasteiger partial charge in [0.05, 0.1) is 29.8 Å². The maximum atomic E-state index is 13.0. The van der Waals surface area contributed by atoms with Crippen molar-refractivity contribution in [1.29, 1.82) is 0 Å². The molecule has 0 spiro atoms. The number of hydrogen-bond acceptors (Lipinski definition) is 5. The molecule has 0 radical (unpaired) electrons. The van der Waals surface area contributed by atoms with Gasteiger partial charge in [0.1, 0.15) is 5.82 Å². The molecular formula is C14H17FN2O5S2. The topological polar surface area (TPSA) is 91.8 Å². The van der Waals surface area contributed by atoms with E-state index in [4.69, 9.17) is 0 Å². The number of piperazine rings is 1. The monoisotopic (exact) mass is 376 g/mol. The largest absolute Gasteiger partial charge is 0.332 e. The van der Waals surface area contributed by atoms with Gasteiger partial charge in [0, 0.05) is 18.7 Å². The SMILES string of the molecule is CS(=O)(=O)N1CCN(C(=O)c2ccc(F)cc2)[C@@H]2CS(=O)(=O)C[C@@H]21. The molecule has 2 fully saturated rings. The number of nitrogens with zero attached hydrogens (tertiary/aromatic N) is 2. The zero-order chi connectivity index (χ0) is 17.7. The lowest BCUT2D eigenvalue weighted by molar-refractivity contribution is 0.0516. The molecule has 1 aromatic carbocycles. The maximum absolute atomic E-state index is 13.0. The molecule has 2 aliphatic rings. The van der Waals surface area contributed by atoms with Crippen molar-refractivity contribution < 1.29 is 26.0 Å². The Hall–Kier alpha value is -1.52. The molecular weight excluding hydrogens is 359 g/mol. The van der Waals surface area contributed by atoms with Crippen LogP contribution < -0.4 is 0 Å². The molecule has 2 saturated heterocycles. The van der Waals surface area contributed by atoms with Crippen LogP contribution in [0.25, 0.3) is 0 Å². The van der Waals surface area contributed by atoms with Crippen molar-refractivity contribution in [3.05, 3.63) is 35.6 Å². The second-order valence-corrected chi connectivity index (χ2v) is 10.2. The summed E-state index contributed by atoms with van der Waals surface area (Å²) in [5.74, 6) is -1.46. The number of rotatable bonds is 2. The zero-order valence-corrected chi connectivity index (χ0v) is 14.6. The highest BCUT2D eigenvalue weighted by Gasteiger charge is 2.50. The maximum Gasteiger partial charge on any atom is 0.254 e. The van der Waals surface area contributed by atoms with E-state index >= 15 is 0 Å². The molecule has 1 amide bonds. The molecule has 7 nitrogen and oxygen atoms in total. The zero-order valence-electron chi connectivity index (χ0n) is 12.9. The Labute approximate surface area is 140 Å². The molecule has 0 bridgehead atoms. The Morgan fingerprint density at radius 3 is 2.29 bits per heavy atom. The van der Waals surface area contributed by atoms with E-state index in [1.807, 2.05) is 0 Å². The van der Waals surface area contributed by atoms with E-state index in [0.717, 1.165) is 22.7 Å². The molecule has 2 aliphatic heterocycles. The Bertz CT molecular complexity index is 867. The number of sulfonamides is 1. The molecule has 3 rings (SSSR count). The van der Waals surface area contributed by atoms with Crippen LogP contribution in [-0.4, -0.2) is 74.9 Å². The standard InChI is InChI=1S/C14H17FN2O5S2/c1-23(19,20)17-7-6-16(12-8-24(21,22)9-13(12)17)14(18)10-2-4-11(15)5-3-10/h2-5,12-13H,6-9H2,1H3/t12-,13+/m1/s1. The van der Waals surface area contributed by atoms with Crippen LogP contribution in [0.5, 0.6) is 0 Å². The van der Waals surface area contributed by atoms with Crippen LogP contribution in [0, 0.1) is 5.82 Å². The van der Waals surface area contributed by atoms with Gasteiger partial charge in [-0.2, -0.15) is 4.31 Å². The smallest absolute Gasteiger partial charge is 0.254 e. The quantitative estimate of drug-likeness (QED) is 0.707. The predicted molar refractivity (Wildman–Crippen MR) is 85.2 cm³/mol. The normalized spacial score (nSPS) is 27.0. The Morgan fingerprint density at radius 2 is 1.71 bits per heavy atom. The third kappa shape index (κ3) is 3.17. The van der Waals surface area contributed by atoms with Crippen molar-refractivity contribution in [1.82, 2.24) is 9.21 Å². The average Bonchev–Trinajstić information content (AvgIpc) is 2.79. The van der Waals surface area contributed by atoms with E-state index in [1.54, 1.807) is 0 Å². The summed E-state index contributed by atoms with van der Waals surface area (Å²) in [6, 6.07) is 3.48. The summed E-state index contributed by atoms with van der Waals surface area (Å²) in [6.07, 6.45) is 1.03. The molecule has 0 unspecified atom stereocenters. The van der Waals surface area contributed by atoms with E-state index < -0.39 is 43.7 Å². The van der Waals surface area contributed by atoms with Crippen LogP contribution in [0.3, 0.4) is 0 Å². The van der Waals surface area contributed by atoms with Gasteiger partial charge in [-0.15, -0.1) is 0 Å². The van der Waals surface area contributed by atoms with Gasteiger partial charge in [-0.1, -0.05) is 0 Å². The summed E-state index contributed by atoms with van der Waals surface area (Å²) in [7, 11) is -7.01. The first-order chi connectivity index (χ1) is 11.1. The molecule has 0 saturated carbocycles. The van der Waals surface area contributed by atoms with Gasteiger partial charge in [-0.3, -0.25) is 4.79 Å². The Kier molecular flexibility index (Phi) is 4.17. The minimum absolute atomic E-state index is 0.0441. The van der Waals surface area contributed by atoms with Crippen molar-refractivity contribution in [2.24, 2.45) is 0 Å². The van der Waals surface area contributed by atoms with Gasteiger partial charge in [-0.25, -0.2) is 21.2 Å². The number of carbonyl (C=O) groups excluding carboxylic acids is 1. The van der Waals surface area contributed by atoms with Crippen LogP contribution in [0.1, 0.15) is 10.4 Å². The van der Waals surface area contributed by atoms with E-state index in [9.17, 15) is 26.0 Å². The van der Waals surface area contributed by atoms with Crippen molar-refractivity contribution >= 4 is 25.8 Å². The second kappa shape index (κ2) is 5.78. The number of fused-ring (bicyclic) bond motifs is 1. The first-order valence-corrected chi connectivity index (χ1v) is 11.0. The fourth-order valence-electron chi connectivity index (χ4n) is 3.34. The van der Waals surface area contributed by atoms with Crippen molar-refractivity contribution in [2.45, 2.75) is 12.1 Å². The minimum atomic E-state index is -3.57. The minimum Gasteiger partial charge on any atom is -0.332 e. The summed E-state index contributed by atoms with van der Waals surface area (Å²) in [4.78, 5) is 14.1. The lowest BCUT2D eigenvalue weighted by Gasteiger charge is -2.42. The van der Waals surface area contributed by atoms with Crippen LogP contribution in [0.4, 0.5) is 4.39 Å². The van der Waals surface area contributed by atoms with Crippen molar-refractivity contribution in [2.75, 3.05) is 30.9 Å². The Morgan fingerprint density at radius 1 is 1.12 bits per heavy atom. The van der Waals surface area contributed by atoms with Gasteiger partial charge in [0.15, 0.2) is 9.84 Å². The predicted octanol–water partition coefficient (Wildman–Crippen LogP) is -0.291. The van der Waals surface area contributed by atoms with Gasteiger partial charge in [0.2, 0.25) is 10.0 Å². The van der Waals surface area contributed by atoms with Gasteiger partial charge in [-0.05, 0) is 24.3 Å². The van der Waals surface area contributed by atoms with Crippen molar-refractivity contribution in [3.8, 4) is 0 Å². The summed E-state index contributed by atoms with van der Waals surface area (Å²) in [5.41, 5.74) is 0.243. The van der Waals surface area contributed by atoms with Crippen LogP contribution >= 0.6 is 0 Å². The molecule has 0 aliphatic carbocycles. The molecule has 2 heterocycles. The summed E-state index contributed by atoms with van der Waals surface area (Å²) >= 11 is 0. The third-order valence-electron chi connectivity index (χ3n) is 4.40. The van der Waals surface area contributed by atoms with Gasteiger partial charge < -0.3 is 4.90 Å². The third-order valence-corrected chi connectivity index (χ3v) is 7.41. The van der Waals surface area contributed by atoms with Crippen LogP contribution in [-0.2, 0) is 19.9 Å². The number of carbonyl (C=O) groups is 1. The summed E-state index contributed by atoms with van der Waals surface area (Å²) in [6.45, 7) is 0.141. The molecule has 0 aromatic heterocycles. The lowest BCUT2D eigenvalue weighted by Crippen LogP contribution is -2.61. The fourth-order valence-corrected chi connectivity index (χ4v) is 6.54. The first kappa shape index (κ1) is 17.3. The number of benzene rings is 1. The highest BCUT2D eigenvalue weighted by Crippen LogP contribution is 2.29. The average molecular weight is 376 g/mol. The molecule has 24 heavy (non-hydrogen) atoms. The lowest BCUT2D eigenvalue weighted by atomic mass is 10.1. The van der Waals surface area contributed by atoms with Crippen LogP contribution in [0.15, 0.2) is 24.3 Å².